The summed E-state index contributed by atoms with van der Waals surface area (Å²) < 4.78 is 4.30. The number of nitrogen functional groups attached to an aromatic ring is 1. The molecule has 0 bridgehead atoms. The Morgan fingerprint density at radius 3 is 2.57 bits per heavy atom. The summed E-state index contributed by atoms with van der Waals surface area (Å²) in [5, 5.41) is 0. The highest BCUT2D eigenvalue weighted by atomic mass is 16.5. The lowest BCUT2D eigenvalue weighted by Gasteiger charge is -2.01. The SMILES string of the molecule is [CH2]OC(=O)CCCc1ccc(N)cc1. The number of hydrogen-bond acceptors (Lipinski definition) is 3. The second kappa shape index (κ2) is 5.27. The van der Waals surface area contributed by atoms with E-state index in [-0.39, 0.29) is 5.97 Å². The Hall–Kier alpha value is -1.51. The van der Waals surface area contributed by atoms with Crippen LogP contribution in [0, 0.1) is 7.11 Å². The van der Waals surface area contributed by atoms with Crippen molar-refractivity contribution >= 4 is 11.7 Å². The van der Waals surface area contributed by atoms with Crippen molar-refractivity contribution in [2.45, 2.75) is 19.3 Å². The van der Waals surface area contributed by atoms with Gasteiger partial charge in [0.1, 0.15) is 7.11 Å². The number of nitrogens with two attached hydrogens (primary N) is 1. The van der Waals surface area contributed by atoms with Crippen molar-refractivity contribution in [1.29, 1.82) is 0 Å². The van der Waals surface area contributed by atoms with Crippen LogP contribution in [0.15, 0.2) is 24.3 Å². The molecule has 0 spiro atoms. The third kappa shape index (κ3) is 3.47. The molecule has 1 aromatic rings. The number of ether oxygens (including phenoxy) is 1. The van der Waals surface area contributed by atoms with Crippen molar-refractivity contribution in [2.24, 2.45) is 0 Å². The third-order valence-corrected chi connectivity index (χ3v) is 1.99. The van der Waals surface area contributed by atoms with Gasteiger partial charge in [-0.05, 0) is 30.5 Å². The molecule has 2 N–H and O–H groups in total. The van der Waals surface area contributed by atoms with Gasteiger partial charge in [-0.25, -0.2) is 0 Å². The lowest BCUT2D eigenvalue weighted by atomic mass is 10.1. The van der Waals surface area contributed by atoms with Gasteiger partial charge in [0.15, 0.2) is 0 Å². The Kier molecular flexibility index (Phi) is 3.98. The normalized spacial score (nSPS) is 9.79. The maximum atomic E-state index is 10.8. The van der Waals surface area contributed by atoms with Crippen LogP contribution in [0.2, 0.25) is 0 Å². The van der Waals surface area contributed by atoms with Crippen molar-refractivity contribution in [3.8, 4) is 0 Å². The molecule has 3 heteroatoms. The second-order valence-corrected chi connectivity index (χ2v) is 3.11. The summed E-state index contributed by atoms with van der Waals surface area (Å²) in [6.45, 7) is 0. The summed E-state index contributed by atoms with van der Waals surface area (Å²) in [5.74, 6) is -0.263. The highest BCUT2D eigenvalue weighted by Gasteiger charge is 2.00. The topological polar surface area (TPSA) is 52.3 Å². The Morgan fingerprint density at radius 1 is 1.36 bits per heavy atom. The van der Waals surface area contributed by atoms with Gasteiger partial charge < -0.3 is 10.5 Å². The van der Waals surface area contributed by atoms with Crippen LogP contribution in [0.1, 0.15) is 18.4 Å². The molecule has 3 nitrogen and oxygen atoms in total. The maximum Gasteiger partial charge on any atom is 0.305 e. The molecular formula is C11H14NO2. The van der Waals surface area contributed by atoms with Crippen LogP contribution in [0.25, 0.3) is 0 Å². The molecule has 0 aliphatic rings. The van der Waals surface area contributed by atoms with Gasteiger partial charge in [-0.15, -0.1) is 0 Å². The quantitative estimate of drug-likeness (QED) is 0.585. The largest absolute Gasteiger partial charge is 0.462 e. The van der Waals surface area contributed by atoms with Crippen molar-refractivity contribution < 1.29 is 9.53 Å². The number of rotatable bonds is 4. The first-order chi connectivity index (χ1) is 6.72. The van der Waals surface area contributed by atoms with Crippen LogP contribution in [0.3, 0.4) is 0 Å². The van der Waals surface area contributed by atoms with Crippen LogP contribution in [-0.2, 0) is 16.0 Å². The van der Waals surface area contributed by atoms with Gasteiger partial charge in [0.05, 0.1) is 0 Å². The molecule has 0 aliphatic heterocycles. The fraction of sp³-hybridized carbons (Fsp3) is 0.273. The van der Waals surface area contributed by atoms with Crippen molar-refractivity contribution in [1.82, 2.24) is 0 Å². The number of hydrogen-bond donors (Lipinski definition) is 1. The smallest absolute Gasteiger partial charge is 0.305 e. The monoisotopic (exact) mass is 192 g/mol. The predicted octanol–water partition coefficient (Wildman–Crippen LogP) is 1.93. The van der Waals surface area contributed by atoms with Gasteiger partial charge in [-0.2, -0.15) is 0 Å². The minimum atomic E-state index is -0.263. The Bertz CT molecular complexity index is 293. The van der Waals surface area contributed by atoms with E-state index < -0.39 is 0 Å². The fourth-order valence-corrected chi connectivity index (χ4v) is 1.19. The number of esters is 1. The summed E-state index contributed by atoms with van der Waals surface area (Å²) in [4.78, 5) is 10.8. The molecule has 1 radical (unpaired) electrons. The first-order valence-corrected chi connectivity index (χ1v) is 4.51. The molecule has 0 unspecified atom stereocenters. The second-order valence-electron chi connectivity index (χ2n) is 3.11. The van der Waals surface area contributed by atoms with Crippen LogP contribution < -0.4 is 5.73 Å². The third-order valence-electron chi connectivity index (χ3n) is 1.99. The van der Waals surface area contributed by atoms with E-state index in [0.29, 0.717) is 6.42 Å². The molecule has 75 valence electrons. The predicted molar refractivity (Wildman–Crippen MR) is 55.2 cm³/mol. The molecule has 0 saturated carbocycles. The summed E-state index contributed by atoms with van der Waals surface area (Å²) in [5.41, 5.74) is 7.48. The molecular weight excluding hydrogens is 178 g/mol. The Morgan fingerprint density at radius 2 is 2.00 bits per heavy atom. The van der Waals surface area contributed by atoms with Crippen molar-refractivity contribution in [3.05, 3.63) is 36.9 Å². The zero-order chi connectivity index (χ0) is 10.4. The molecule has 0 aromatic heterocycles. The van der Waals surface area contributed by atoms with Crippen molar-refractivity contribution in [3.63, 3.8) is 0 Å². The minimum Gasteiger partial charge on any atom is -0.462 e. The summed E-state index contributed by atoms with van der Waals surface area (Å²) in [6, 6.07) is 7.64. The van der Waals surface area contributed by atoms with Gasteiger partial charge in [-0.1, -0.05) is 12.1 Å². The molecule has 0 heterocycles. The zero-order valence-corrected chi connectivity index (χ0v) is 8.03. The highest BCUT2D eigenvalue weighted by molar-refractivity contribution is 5.69. The van der Waals surface area contributed by atoms with Gasteiger partial charge in [0, 0.05) is 12.1 Å². The molecule has 0 saturated heterocycles. The zero-order valence-electron chi connectivity index (χ0n) is 8.03. The number of anilines is 1. The molecule has 1 aromatic carbocycles. The van der Waals surface area contributed by atoms with E-state index >= 15 is 0 Å². The van der Waals surface area contributed by atoms with E-state index in [9.17, 15) is 4.79 Å². The van der Waals surface area contributed by atoms with Gasteiger partial charge in [0.25, 0.3) is 0 Å². The van der Waals surface area contributed by atoms with Crippen LogP contribution >= 0.6 is 0 Å². The number of carbonyl (C=O) groups is 1. The minimum absolute atomic E-state index is 0.263. The summed E-state index contributed by atoms with van der Waals surface area (Å²) >= 11 is 0. The lowest BCUT2D eigenvalue weighted by molar-refractivity contribution is -0.138. The molecule has 14 heavy (non-hydrogen) atoms. The highest BCUT2D eigenvalue weighted by Crippen LogP contribution is 2.08. The van der Waals surface area contributed by atoms with Gasteiger partial charge >= 0.3 is 5.97 Å². The Balaban J connectivity index is 2.31. The van der Waals surface area contributed by atoms with Crippen LogP contribution in [0.4, 0.5) is 5.69 Å². The molecule has 1 rings (SSSR count). The van der Waals surface area contributed by atoms with E-state index in [0.717, 1.165) is 18.5 Å². The van der Waals surface area contributed by atoms with Crippen molar-refractivity contribution in [2.75, 3.05) is 5.73 Å². The summed E-state index contributed by atoms with van der Waals surface area (Å²) in [7, 11) is 3.06. The first-order valence-electron chi connectivity index (χ1n) is 4.51. The maximum absolute atomic E-state index is 10.8. The number of carbonyl (C=O) groups excluding carboxylic acids is 1. The fourth-order valence-electron chi connectivity index (χ4n) is 1.19. The number of aryl methyl sites for hydroxylation is 1. The standard InChI is InChI=1S/C11H14NO2/c1-14-11(13)4-2-3-9-5-7-10(12)8-6-9/h5-8H,1-4,12H2. The Labute approximate surface area is 83.9 Å². The van der Waals surface area contributed by atoms with Crippen LogP contribution in [-0.4, -0.2) is 5.97 Å². The first kappa shape index (κ1) is 10.6. The molecule has 0 amide bonds. The molecule has 0 atom stereocenters. The van der Waals surface area contributed by atoms with Gasteiger partial charge in [-0.3, -0.25) is 4.79 Å². The molecule has 0 fully saturated rings. The number of benzene rings is 1. The lowest BCUT2D eigenvalue weighted by Crippen LogP contribution is -1.99. The average Bonchev–Trinajstić information content (AvgIpc) is 2.21. The van der Waals surface area contributed by atoms with E-state index in [1.165, 1.54) is 5.56 Å². The average molecular weight is 192 g/mol. The van der Waals surface area contributed by atoms with Crippen LogP contribution in [0.5, 0.6) is 0 Å². The van der Waals surface area contributed by atoms with E-state index in [1.54, 1.807) is 0 Å². The van der Waals surface area contributed by atoms with E-state index in [4.69, 9.17) is 5.73 Å². The molecule has 0 aliphatic carbocycles. The van der Waals surface area contributed by atoms with E-state index in [2.05, 4.69) is 11.8 Å². The van der Waals surface area contributed by atoms with E-state index in [1.807, 2.05) is 24.3 Å². The van der Waals surface area contributed by atoms with Gasteiger partial charge in [0.2, 0.25) is 0 Å². The summed E-state index contributed by atoms with van der Waals surface area (Å²) in [6.07, 6.45) is 2.04.